The first-order valence-corrected chi connectivity index (χ1v) is 7.58. The molecule has 0 bridgehead atoms. The van der Waals surface area contributed by atoms with Gasteiger partial charge in [-0.25, -0.2) is 4.98 Å². The Kier molecular flexibility index (Phi) is 2.86. The van der Waals surface area contributed by atoms with Crippen LogP contribution >= 0.6 is 11.3 Å². The summed E-state index contributed by atoms with van der Waals surface area (Å²) in [5.41, 5.74) is 5.21. The Morgan fingerprint density at radius 3 is 3.14 bits per heavy atom. The summed E-state index contributed by atoms with van der Waals surface area (Å²) in [6.07, 6.45) is 0.862. The molecule has 4 rings (SSSR count). The fraction of sp³-hybridized carbons (Fsp3) is 0.125. The number of anilines is 1. The van der Waals surface area contributed by atoms with Gasteiger partial charge in [0.25, 0.3) is 5.91 Å². The summed E-state index contributed by atoms with van der Waals surface area (Å²) in [5, 5.41) is 2.92. The number of fused-ring (bicyclic) bond motifs is 2. The van der Waals surface area contributed by atoms with Crippen molar-refractivity contribution in [2.45, 2.75) is 6.42 Å². The van der Waals surface area contributed by atoms with Crippen LogP contribution in [0, 0.1) is 0 Å². The molecule has 4 nitrogen and oxygen atoms in total. The number of aromatic nitrogens is 1. The molecule has 0 radical (unpaired) electrons. The van der Waals surface area contributed by atoms with Crippen molar-refractivity contribution < 1.29 is 9.53 Å². The van der Waals surface area contributed by atoms with Gasteiger partial charge in [0, 0.05) is 17.7 Å². The topological polar surface area (TPSA) is 51.2 Å². The Morgan fingerprint density at radius 1 is 1.24 bits per heavy atom. The predicted octanol–water partition coefficient (Wildman–Crippen LogP) is 3.48. The van der Waals surface area contributed by atoms with E-state index in [1.807, 2.05) is 30.3 Å². The maximum atomic E-state index is 12.3. The van der Waals surface area contributed by atoms with Gasteiger partial charge in [0.05, 0.1) is 22.3 Å². The Hall–Kier alpha value is -2.40. The minimum absolute atomic E-state index is 0.112. The molecular formula is C16H12N2O2S. The lowest BCUT2D eigenvalue weighted by atomic mass is 10.1. The monoisotopic (exact) mass is 296 g/mol. The van der Waals surface area contributed by atoms with Crippen molar-refractivity contribution in [2.75, 3.05) is 11.9 Å². The fourth-order valence-corrected chi connectivity index (χ4v) is 3.13. The number of hydrogen-bond donors (Lipinski definition) is 1. The second-order valence-corrected chi connectivity index (χ2v) is 5.80. The maximum absolute atomic E-state index is 12.3. The van der Waals surface area contributed by atoms with Gasteiger partial charge in [0.15, 0.2) is 0 Å². The summed E-state index contributed by atoms with van der Waals surface area (Å²) in [6.45, 7) is 0.695. The van der Waals surface area contributed by atoms with Crippen LogP contribution in [0.3, 0.4) is 0 Å². The molecule has 21 heavy (non-hydrogen) atoms. The van der Waals surface area contributed by atoms with Gasteiger partial charge in [-0.05, 0) is 42.0 Å². The van der Waals surface area contributed by atoms with E-state index >= 15 is 0 Å². The third kappa shape index (κ3) is 2.25. The summed E-state index contributed by atoms with van der Waals surface area (Å²) in [4.78, 5) is 16.6. The molecule has 5 heteroatoms. The molecule has 1 N–H and O–H groups in total. The number of nitrogens with one attached hydrogen (secondary N) is 1. The number of hydrogen-bond acceptors (Lipinski definition) is 4. The zero-order valence-corrected chi connectivity index (χ0v) is 11.9. The number of benzene rings is 2. The Labute approximate surface area is 125 Å². The van der Waals surface area contributed by atoms with Crippen LogP contribution < -0.4 is 10.1 Å². The number of nitrogens with zero attached hydrogens (tertiary/aromatic N) is 1. The standard InChI is InChI=1S/C16H12N2O2S/c19-16(11-1-3-14-10(7-11)5-6-20-14)18-12-2-4-15-13(8-12)17-9-21-15/h1-4,7-9H,5-6H2,(H,18,19). The molecule has 0 aliphatic carbocycles. The van der Waals surface area contributed by atoms with Gasteiger partial charge in [-0.2, -0.15) is 0 Å². The molecule has 0 unspecified atom stereocenters. The van der Waals surface area contributed by atoms with E-state index in [9.17, 15) is 4.79 Å². The highest BCUT2D eigenvalue weighted by Crippen LogP contribution is 2.26. The molecular weight excluding hydrogens is 284 g/mol. The molecule has 1 amide bonds. The number of rotatable bonds is 2. The van der Waals surface area contributed by atoms with E-state index in [-0.39, 0.29) is 5.91 Å². The second-order valence-electron chi connectivity index (χ2n) is 4.91. The third-order valence-corrected chi connectivity index (χ3v) is 4.35. The van der Waals surface area contributed by atoms with Crippen LogP contribution in [0.5, 0.6) is 5.75 Å². The maximum Gasteiger partial charge on any atom is 0.255 e. The number of carbonyl (C=O) groups is 1. The minimum Gasteiger partial charge on any atom is -0.493 e. The van der Waals surface area contributed by atoms with Crippen LogP contribution in [0.2, 0.25) is 0 Å². The summed E-state index contributed by atoms with van der Waals surface area (Å²) in [7, 11) is 0. The zero-order chi connectivity index (χ0) is 14.2. The third-order valence-electron chi connectivity index (χ3n) is 3.54. The molecule has 0 fully saturated rings. The molecule has 2 aromatic carbocycles. The zero-order valence-electron chi connectivity index (χ0n) is 11.1. The van der Waals surface area contributed by atoms with Gasteiger partial charge in [0.2, 0.25) is 0 Å². The van der Waals surface area contributed by atoms with E-state index in [4.69, 9.17) is 4.74 Å². The highest BCUT2D eigenvalue weighted by molar-refractivity contribution is 7.16. The lowest BCUT2D eigenvalue weighted by molar-refractivity contribution is 0.102. The highest BCUT2D eigenvalue weighted by Gasteiger charge is 2.15. The average molecular weight is 296 g/mol. The van der Waals surface area contributed by atoms with Gasteiger partial charge in [0.1, 0.15) is 5.75 Å². The Morgan fingerprint density at radius 2 is 2.19 bits per heavy atom. The summed E-state index contributed by atoms with van der Waals surface area (Å²) in [6, 6.07) is 11.3. The van der Waals surface area contributed by atoms with E-state index in [1.165, 1.54) is 0 Å². The summed E-state index contributed by atoms with van der Waals surface area (Å²) >= 11 is 1.59. The van der Waals surface area contributed by atoms with Gasteiger partial charge in [-0.15, -0.1) is 11.3 Å². The summed E-state index contributed by atoms with van der Waals surface area (Å²) < 4.78 is 6.57. The number of amides is 1. The van der Waals surface area contributed by atoms with Crippen molar-refractivity contribution in [3.63, 3.8) is 0 Å². The van der Waals surface area contributed by atoms with E-state index in [2.05, 4.69) is 10.3 Å². The van der Waals surface area contributed by atoms with Crippen LogP contribution in [-0.2, 0) is 6.42 Å². The van der Waals surface area contributed by atoms with E-state index in [0.717, 1.165) is 33.6 Å². The smallest absolute Gasteiger partial charge is 0.255 e. The predicted molar refractivity (Wildman–Crippen MR) is 83.2 cm³/mol. The highest BCUT2D eigenvalue weighted by atomic mass is 32.1. The van der Waals surface area contributed by atoms with Crippen molar-refractivity contribution in [1.82, 2.24) is 4.98 Å². The van der Waals surface area contributed by atoms with Crippen LogP contribution in [0.15, 0.2) is 41.9 Å². The molecule has 1 aromatic heterocycles. The number of thiazole rings is 1. The van der Waals surface area contributed by atoms with Crippen molar-refractivity contribution in [3.8, 4) is 5.75 Å². The van der Waals surface area contributed by atoms with E-state index in [0.29, 0.717) is 12.2 Å². The van der Waals surface area contributed by atoms with Crippen LogP contribution in [0.25, 0.3) is 10.2 Å². The molecule has 1 aliphatic heterocycles. The first kappa shape index (κ1) is 12.3. The van der Waals surface area contributed by atoms with Crippen molar-refractivity contribution in [1.29, 1.82) is 0 Å². The van der Waals surface area contributed by atoms with Crippen LogP contribution in [0.1, 0.15) is 15.9 Å². The quantitative estimate of drug-likeness (QED) is 0.787. The molecule has 0 saturated carbocycles. The second kappa shape index (κ2) is 4.86. The lowest BCUT2D eigenvalue weighted by Crippen LogP contribution is -2.11. The fourth-order valence-electron chi connectivity index (χ4n) is 2.47. The number of ether oxygens (including phenoxy) is 1. The minimum atomic E-state index is -0.112. The largest absolute Gasteiger partial charge is 0.493 e. The molecule has 3 aromatic rings. The normalized spacial score (nSPS) is 13.0. The van der Waals surface area contributed by atoms with Gasteiger partial charge in [-0.3, -0.25) is 4.79 Å². The van der Waals surface area contributed by atoms with Crippen LogP contribution in [0.4, 0.5) is 5.69 Å². The van der Waals surface area contributed by atoms with Gasteiger partial charge >= 0.3 is 0 Å². The van der Waals surface area contributed by atoms with Crippen molar-refractivity contribution >= 4 is 33.1 Å². The molecule has 0 atom stereocenters. The molecule has 0 saturated heterocycles. The molecule has 104 valence electrons. The Bertz CT molecular complexity index is 841. The van der Waals surface area contributed by atoms with E-state index in [1.54, 1.807) is 22.9 Å². The average Bonchev–Trinajstić information content (AvgIpc) is 3.14. The van der Waals surface area contributed by atoms with Crippen LogP contribution in [-0.4, -0.2) is 17.5 Å². The van der Waals surface area contributed by atoms with Gasteiger partial charge in [-0.1, -0.05) is 0 Å². The molecule has 1 aliphatic rings. The van der Waals surface area contributed by atoms with Crippen molar-refractivity contribution in [2.24, 2.45) is 0 Å². The van der Waals surface area contributed by atoms with E-state index < -0.39 is 0 Å². The molecule has 0 spiro atoms. The molecule has 2 heterocycles. The summed E-state index contributed by atoms with van der Waals surface area (Å²) in [5.74, 6) is 0.773. The number of carbonyl (C=O) groups excluding carboxylic acids is 1. The van der Waals surface area contributed by atoms with Crippen molar-refractivity contribution in [3.05, 3.63) is 53.0 Å². The first-order chi connectivity index (χ1) is 10.3. The SMILES string of the molecule is O=C(Nc1ccc2scnc2c1)c1ccc2c(c1)CCO2. The first-order valence-electron chi connectivity index (χ1n) is 6.70. The Balaban J connectivity index is 1.59. The lowest BCUT2D eigenvalue weighted by Gasteiger charge is -2.06. The van der Waals surface area contributed by atoms with Gasteiger partial charge < -0.3 is 10.1 Å².